The molecule has 19 heavy (non-hydrogen) atoms. The summed E-state index contributed by atoms with van der Waals surface area (Å²) >= 11 is 0. The van der Waals surface area contributed by atoms with Crippen LogP contribution in [0.5, 0.6) is 0 Å². The van der Waals surface area contributed by atoms with Crippen molar-refractivity contribution in [2.75, 3.05) is 19.0 Å². The van der Waals surface area contributed by atoms with Crippen LogP contribution in [-0.4, -0.2) is 18.6 Å². The molecule has 0 amide bonds. The van der Waals surface area contributed by atoms with Crippen molar-refractivity contribution in [2.24, 2.45) is 5.92 Å². The predicted molar refractivity (Wildman–Crippen MR) is 76.4 cm³/mol. The van der Waals surface area contributed by atoms with Gasteiger partial charge in [-0.1, -0.05) is 13.8 Å². The largest absolute Gasteiger partial charge is 0.388 e. The minimum absolute atomic E-state index is 0.0970. The third-order valence-electron chi connectivity index (χ3n) is 2.90. The number of benzene rings is 1. The highest BCUT2D eigenvalue weighted by atomic mass is 16.6. The maximum Gasteiger partial charge on any atom is 0.269 e. The van der Waals surface area contributed by atoms with Crippen molar-refractivity contribution < 1.29 is 9.66 Å². The van der Waals surface area contributed by atoms with E-state index in [0.717, 1.165) is 24.1 Å². The van der Waals surface area contributed by atoms with Crippen molar-refractivity contribution in [1.29, 1.82) is 0 Å². The Morgan fingerprint density at radius 2 is 2.16 bits per heavy atom. The minimum Gasteiger partial charge on any atom is -0.388 e. The fourth-order valence-corrected chi connectivity index (χ4v) is 1.83. The number of nitro groups is 1. The van der Waals surface area contributed by atoms with Crippen LogP contribution in [0.2, 0.25) is 0 Å². The predicted octanol–water partition coefficient (Wildman–Crippen LogP) is 3.59. The molecule has 1 rings (SSSR count). The summed E-state index contributed by atoms with van der Waals surface area (Å²) in [4.78, 5) is 10.4. The van der Waals surface area contributed by atoms with Crippen LogP contribution in [0.4, 0.5) is 11.4 Å². The van der Waals surface area contributed by atoms with Crippen molar-refractivity contribution in [1.82, 2.24) is 0 Å². The van der Waals surface area contributed by atoms with Crippen molar-refractivity contribution in [2.45, 2.75) is 33.3 Å². The van der Waals surface area contributed by atoms with Gasteiger partial charge in [-0.05, 0) is 24.8 Å². The molecule has 0 atom stereocenters. The topological polar surface area (TPSA) is 64.4 Å². The van der Waals surface area contributed by atoms with E-state index in [0.29, 0.717) is 19.1 Å². The summed E-state index contributed by atoms with van der Waals surface area (Å²) in [5.74, 6) is 0.675. The zero-order valence-corrected chi connectivity index (χ0v) is 11.8. The highest BCUT2D eigenvalue weighted by Gasteiger charge is 2.10. The van der Waals surface area contributed by atoms with E-state index in [9.17, 15) is 10.1 Å². The average molecular weight is 266 g/mol. The van der Waals surface area contributed by atoms with E-state index in [-0.39, 0.29) is 10.6 Å². The SMILES string of the molecule is CNc1ccc([N+](=O)[O-])cc1COCCCC(C)C. The molecule has 5 nitrogen and oxygen atoms in total. The fraction of sp³-hybridized carbons (Fsp3) is 0.571. The summed E-state index contributed by atoms with van der Waals surface area (Å²) in [5, 5.41) is 13.8. The molecule has 0 fully saturated rings. The summed E-state index contributed by atoms with van der Waals surface area (Å²) in [5.41, 5.74) is 1.79. The third kappa shape index (κ3) is 5.26. The molecule has 0 heterocycles. The average Bonchev–Trinajstić information content (AvgIpc) is 2.37. The molecule has 0 aromatic heterocycles. The third-order valence-corrected chi connectivity index (χ3v) is 2.90. The molecule has 0 aliphatic rings. The molecule has 1 aromatic carbocycles. The van der Waals surface area contributed by atoms with Crippen LogP contribution in [0.25, 0.3) is 0 Å². The van der Waals surface area contributed by atoms with Crippen LogP contribution in [0.3, 0.4) is 0 Å². The Bertz CT molecular complexity index is 419. The fourth-order valence-electron chi connectivity index (χ4n) is 1.83. The lowest BCUT2D eigenvalue weighted by Crippen LogP contribution is -2.02. The summed E-state index contributed by atoms with van der Waals surface area (Å²) in [7, 11) is 1.80. The summed E-state index contributed by atoms with van der Waals surface area (Å²) < 4.78 is 5.58. The molecule has 1 N–H and O–H groups in total. The molecule has 0 bridgehead atoms. The molecule has 5 heteroatoms. The lowest BCUT2D eigenvalue weighted by atomic mass is 10.1. The Morgan fingerprint density at radius 1 is 1.42 bits per heavy atom. The molecule has 0 saturated heterocycles. The van der Waals surface area contributed by atoms with E-state index in [2.05, 4.69) is 19.2 Å². The molecule has 0 radical (unpaired) electrons. The van der Waals surface area contributed by atoms with Crippen molar-refractivity contribution in [3.63, 3.8) is 0 Å². The summed E-state index contributed by atoms with van der Waals surface area (Å²) in [6, 6.07) is 4.77. The van der Waals surface area contributed by atoms with Gasteiger partial charge in [0.25, 0.3) is 5.69 Å². The Labute approximate surface area is 114 Å². The zero-order valence-electron chi connectivity index (χ0n) is 11.8. The molecular formula is C14H22N2O3. The van der Waals surface area contributed by atoms with Crippen LogP contribution in [0.15, 0.2) is 18.2 Å². The quantitative estimate of drug-likeness (QED) is 0.443. The van der Waals surface area contributed by atoms with Gasteiger partial charge in [-0.15, -0.1) is 0 Å². The Balaban J connectivity index is 2.55. The van der Waals surface area contributed by atoms with E-state index >= 15 is 0 Å². The number of nitrogens with zero attached hydrogens (tertiary/aromatic N) is 1. The molecule has 0 aliphatic heterocycles. The molecule has 106 valence electrons. The maximum atomic E-state index is 10.7. The van der Waals surface area contributed by atoms with Gasteiger partial charge in [0.05, 0.1) is 11.5 Å². The first-order chi connectivity index (χ1) is 9.04. The minimum atomic E-state index is -0.387. The van der Waals surface area contributed by atoms with Crippen molar-refractivity contribution in [3.8, 4) is 0 Å². The number of hydrogen-bond acceptors (Lipinski definition) is 4. The van der Waals surface area contributed by atoms with Crippen LogP contribution in [0, 0.1) is 16.0 Å². The second kappa shape index (κ2) is 7.74. The van der Waals surface area contributed by atoms with Gasteiger partial charge in [0, 0.05) is 37.0 Å². The molecule has 1 aromatic rings. The molecule has 0 saturated carbocycles. The molecular weight excluding hydrogens is 244 g/mol. The van der Waals surface area contributed by atoms with Gasteiger partial charge in [0.1, 0.15) is 0 Å². The first-order valence-electron chi connectivity index (χ1n) is 6.57. The first kappa shape index (κ1) is 15.4. The van der Waals surface area contributed by atoms with Crippen LogP contribution >= 0.6 is 0 Å². The Morgan fingerprint density at radius 3 is 2.74 bits per heavy atom. The molecule has 0 spiro atoms. The van der Waals surface area contributed by atoms with Gasteiger partial charge >= 0.3 is 0 Å². The van der Waals surface area contributed by atoms with Gasteiger partial charge in [0.2, 0.25) is 0 Å². The van der Waals surface area contributed by atoms with Crippen LogP contribution in [-0.2, 0) is 11.3 Å². The molecule has 0 aliphatic carbocycles. The number of nitrogens with one attached hydrogen (secondary N) is 1. The Hall–Kier alpha value is -1.62. The normalized spacial score (nSPS) is 10.7. The van der Waals surface area contributed by atoms with E-state index < -0.39 is 0 Å². The lowest BCUT2D eigenvalue weighted by molar-refractivity contribution is -0.384. The van der Waals surface area contributed by atoms with E-state index in [4.69, 9.17) is 4.74 Å². The summed E-state index contributed by atoms with van der Waals surface area (Å²) in [6.45, 7) is 5.44. The standard InChI is InChI=1S/C14H22N2O3/c1-11(2)5-4-8-19-10-12-9-13(16(17)18)6-7-14(12)15-3/h6-7,9,11,15H,4-5,8,10H2,1-3H3. The van der Waals surface area contributed by atoms with Crippen molar-refractivity contribution in [3.05, 3.63) is 33.9 Å². The highest BCUT2D eigenvalue weighted by Crippen LogP contribution is 2.22. The number of rotatable bonds is 8. The highest BCUT2D eigenvalue weighted by molar-refractivity contribution is 5.55. The maximum absolute atomic E-state index is 10.7. The number of anilines is 1. The monoisotopic (exact) mass is 266 g/mol. The van der Waals surface area contributed by atoms with Gasteiger partial charge in [0.15, 0.2) is 0 Å². The first-order valence-corrected chi connectivity index (χ1v) is 6.57. The van der Waals surface area contributed by atoms with Crippen LogP contribution < -0.4 is 5.32 Å². The molecule has 0 unspecified atom stereocenters. The Kier molecular flexibility index (Phi) is 6.29. The second-order valence-corrected chi connectivity index (χ2v) is 4.94. The second-order valence-electron chi connectivity index (χ2n) is 4.94. The van der Waals surface area contributed by atoms with Gasteiger partial charge in [-0.2, -0.15) is 0 Å². The van der Waals surface area contributed by atoms with E-state index in [1.165, 1.54) is 6.07 Å². The zero-order chi connectivity index (χ0) is 14.3. The van der Waals surface area contributed by atoms with Gasteiger partial charge in [-0.3, -0.25) is 10.1 Å². The number of ether oxygens (including phenoxy) is 1. The van der Waals surface area contributed by atoms with E-state index in [1.54, 1.807) is 19.2 Å². The van der Waals surface area contributed by atoms with E-state index in [1.807, 2.05) is 0 Å². The van der Waals surface area contributed by atoms with Gasteiger partial charge in [-0.25, -0.2) is 0 Å². The number of nitro benzene ring substituents is 1. The number of hydrogen-bond donors (Lipinski definition) is 1. The summed E-state index contributed by atoms with van der Waals surface area (Å²) in [6.07, 6.45) is 2.15. The number of non-ortho nitro benzene ring substituents is 1. The van der Waals surface area contributed by atoms with Gasteiger partial charge < -0.3 is 10.1 Å². The van der Waals surface area contributed by atoms with Crippen molar-refractivity contribution >= 4 is 11.4 Å². The lowest BCUT2D eigenvalue weighted by Gasteiger charge is -2.10. The van der Waals surface area contributed by atoms with Crippen LogP contribution in [0.1, 0.15) is 32.3 Å². The smallest absolute Gasteiger partial charge is 0.269 e.